The maximum Gasteiger partial charge on any atom is 0.124 e. The minimum atomic E-state index is 0.394. The van der Waals surface area contributed by atoms with Crippen LogP contribution in [0.1, 0.15) is 19.4 Å². The highest BCUT2D eigenvalue weighted by Gasteiger charge is 2.13. The molecule has 0 aliphatic carbocycles. The Morgan fingerprint density at radius 2 is 1.94 bits per heavy atom. The molecule has 0 bridgehead atoms. The lowest BCUT2D eigenvalue weighted by Gasteiger charge is -2.19. The van der Waals surface area contributed by atoms with Crippen LogP contribution in [-0.2, 0) is 0 Å². The van der Waals surface area contributed by atoms with Crippen molar-refractivity contribution in [2.24, 2.45) is 11.8 Å². The Balaban J connectivity index is 2.75. The van der Waals surface area contributed by atoms with Gasteiger partial charge in [0.25, 0.3) is 0 Å². The van der Waals surface area contributed by atoms with E-state index in [4.69, 9.17) is 14.7 Å². The van der Waals surface area contributed by atoms with Gasteiger partial charge in [0.1, 0.15) is 11.5 Å². The van der Waals surface area contributed by atoms with Crippen LogP contribution >= 0.6 is 12.6 Å². The van der Waals surface area contributed by atoms with Gasteiger partial charge in [-0.15, -0.1) is 0 Å². The number of thiol groups is 1. The van der Waals surface area contributed by atoms with E-state index in [0.29, 0.717) is 35.5 Å². The summed E-state index contributed by atoms with van der Waals surface area (Å²) < 4.78 is 10.9. The van der Waals surface area contributed by atoms with Crippen molar-refractivity contribution in [3.8, 4) is 17.6 Å². The van der Waals surface area contributed by atoms with Gasteiger partial charge in [-0.2, -0.15) is 17.9 Å². The molecule has 4 heteroatoms. The predicted molar refractivity (Wildman–Crippen MR) is 75.4 cm³/mol. The summed E-state index contributed by atoms with van der Waals surface area (Å²) in [5.74, 6) is 3.00. The average Bonchev–Trinajstić information content (AvgIpc) is 2.38. The van der Waals surface area contributed by atoms with E-state index in [0.717, 1.165) is 5.75 Å². The first-order valence-electron chi connectivity index (χ1n) is 5.93. The lowest BCUT2D eigenvalue weighted by Crippen LogP contribution is -2.19. The lowest BCUT2D eigenvalue weighted by atomic mass is 9.99. The van der Waals surface area contributed by atoms with Gasteiger partial charge in [0.15, 0.2) is 0 Å². The number of benzene rings is 1. The maximum atomic E-state index is 8.92. The van der Waals surface area contributed by atoms with Crippen molar-refractivity contribution >= 4 is 12.6 Å². The van der Waals surface area contributed by atoms with Crippen LogP contribution in [0, 0.1) is 23.2 Å². The van der Waals surface area contributed by atoms with Crippen LogP contribution in [0.25, 0.3) is 0 Å². The number of ether oxygens (including phenoxy) is 2. The molecular formula is C14H19NO2S. The van der Waals surface area contributed by atoms with Crippen LogP contribution in [0.5, 0.6) is 11.5 Å². The molecule has 0 heterocycles. The summed E-state index contributed by atoms with van der Waals surface area (Å²) >= 11 is 4.32. The number of hydrogen-bond donors (Lipinski definition) is 1. The van der Waals surface area contributed by atoms with Crippen molar-refractivity contribution < 1.29 is 9.47 Å². The highest BCUT2D eigenvalue weighted by Crippen LogP contribution is 2.23. The fraction of sp³-hybridized carbons (Fsp3) is 0.500. The van der Waals surface area contributed by atoms with Crippen LogP contribution in [-0.4, -0.2) is 19.5 Å². The van der Waals surface area contributed by atoms with Crippen molar-refractivity contribution in [2.75, 3.05) is 19.5 Å². The molecule has 1 rings (SSSR count). The van der Waals surface area contributed by atoms with E-state index < -0.39 is 0 Å². The van der Waals surface area contributed by atoms with E-state index in [9.17, 15) is 0 Å². The molecule has 0 spiro atoms. The highest BCUT2D eigenvalue weighted by atomic mass is 32.1. The molecule has 0 saturated heterocycles. The smallest absolute Gasteiger partial charge is 0.124 e. The van der Waals surface area contributed by atoms with Crippen LogP contribution in [0.15, 0.2) is 18.2 Å². The number of rotatable bonds is 6. The molecule has 0 saturated carbocycles. The van der Waals surface area contributed by atoms with E-state index in [1.807, 2.05) is 0 Å². The molecule has 98 valence electrons. The van der Waals surface area contributed by atoms with Crippen LogP contribution in [0.4, 0.5) is 0 Å². The van der Waals surface area contributed by atoms with Gasteiger partial charge in [0, 0.05) is 12.0 Å². The van der Waals surface area contributed by atoms with Gasteiger partial charge in [-0.3, -0.25) is 0 Å². The Kier molecular flexibility index (Phi) is 5.87. The molecule has 0 N–H and O–H groups in total. The minimum absolute atomic E-state index is 0.394. The first kappa shape index (κ1) is 14.7. The molecule has 18 heavy (non-hydrogen) atoms. The van der Waals surface area contributed by atoms with E-state index in [1.165, 1.54) is 0 Å². The SMILES string of the molecule is COc1cc(C#N)cc(OCC(CS)C(C)C)c1. The van der Waals surface area contributed by atoms with Gasteiger partial charge in [0.05, 0.1) is 25.3 Å². The molecule has 0 fully saturated rings. The topological polar surface area (TPSA) is 42.2 Å². The van der Waals surface area contributed by atoms with Gasteiger partial charge in [-0.25, -0.2) is 0 Å². The van der Waals surface area contributed by atoms with E-state index in [2.05, 4.69) is 32.5 Å². The number of nitrogens with zero attached hydrogens (tertiary/aromatic N) is 1. The molecule has 0 amide bonds. The summed E-state index contributed by atoms with van der Waals surface area (Å²) in [5, 5.41) is 8.92. The number of methoxy groups -OCH3 is 1. The largest absolute Gasteiger partial charge is 0.497 e. The zero-order chi connectivity index (χ0) is 13.5. The first-order chi connectivity index (χ1) is 8.60. The third-order valence-corrected chi connectivity index (χ3v) is 3.36. The molecule has 3 nitrogen and oxygen atoms in total. The Morgan fingerprint density at radius 3 is 2.44 bits per heavy atom. The highest BCUT2D eigenvalue weighted by molar-refractivity contribution is 7.80. The Morgan fingerprint density at radius 1 is 1.28 bits per heavy atom. The quantitative estimate of drug-likeness (QED) is 0.803. The zero-order valence-electron chi connectivity index (χ0n) is 11.0. The molecular weight excluding hydrogens is 246 g/mol. The van der Waals surface area contributed by atoms with Crippen LogP contribution in [0.3, 0.4) is 0 Å². The van der Waals surface area contributed by atoms with Crippen LogP contribution in [0.2, 0.25) is 0 Å². The summed E-state index contributed by atoms with van der Waals surface area (Å²) in [5.41, 5.74) is 0.538. The van der Waals surface area contributed by atoms with E-state index in [1.54, 1.807) is 25.3 Å². The van der Waals surface area contributed by atoms with Crippen molar-refractivity contribution in [1.29, 1.82) is 5.26 Å². The number of hydrogen-bond acceptors (Lipinski definition) is 4. The molecule has 1 aromatic carbocycles. The van der Waals surface area contributed by atoms with Crippen molar-refractivity contribution in [3.05, 3.63) is 23.8 Å². The third kappa shape index (κ3) is 4.15. The second-order valence-corrected chi connectivity index (χ2v) is 4.87. The summed E-state index contributed by atoms with van der Waals surface area (Å²) in [6.07, 6.45) is 0. The summed E-state index contributed by atoms with van der Waals surface area (Å²) in [6.45, 7) is 4.90. The Bertz CT molecular complexity index is 426. The maximum absolute atomic E-state index is 8.92. The molecule has 0 aromatic heterocycles. The fourth-order valence-electron chi connectivity index (χ4n) is 1.50. The van der Waals surface area contributed by atoms with Crippen LogP contribution < -0.4 is 9.47 Å². The zero-order valence-corrected chi connectivity index (χ0v) is 11.9. The normalized spacial score (nSPS) is 12.0. The van der Waals surface area contributed by atoms with Gasteiger partial charge in [0.2, 0.25) is 0 Å². The summed E-state index contributed by atoms with van der Waals surface area (Å²) in [4.78, 5) is 0. The molecule has 1 unspecified atom stereocenters. The Hall–Kier alpha value is -1.34. The molecule has 1 aromatic rings. The van der Waals surface area contributed by atoms with Crippen molar-refractivity contribution in [1.82, 2.24) is 0 Å². The van der Waals surface area contributed by atoms with Gasteiger partial charge < -0.3 is 9.47 Å². The fourth-order valence-corrected chi connectivity index (χ4v) is 2.02. The van der Waals surface area contributed by atoms with Crippen molar-refractivity contribution in [2.45, 2.75) is 13.8 Å². The first-order valence-corrected chi connectivity index (χ1v) is 6.56. The Labute approximate surface area is 114 Å². The summed E-state index contributed by atoms with van der Waals surface area (Å²) in [6, 6.07) is 7.29. The van der Waals surface area contributed by atoms with Gasteiger partial charge >= 0.3 is 0 Å². The molecule has 0 aliphatic heterocycles. The second kappa shape index (κ2) is 7.17. The van der Waals surface area contributed by atoms with E-state index >= 15 is 0 Å². The molecule has 0 aliphatic rings. The van der Waals surface area contributed by atoms with Gasteiger partial charge in [-0.1, -0.05) is 13.8 Å². The second-order valence-electron chi connectivity index (χ2n) is 4.51. The van der Waals surface area contributed by atoms with E-state index in [-0.39, 0.29) is 0 Å². The molecule has 1 atom stereocenters. The molecule has 0 radical (unpaired) electrons. The lowest BCUT2D eigenvalue weighted by molar-refractivity contribution is 0.226. The third-order valence-electron chi connectivity index (χ3n) is 2.89. The summed E-state index contributed by atoms with van der Waals surface area (Å²) in [7, 11) is 1.57. The monoisotopic (exact) mass is 265 g/mol. The van der Waals surface area contributed by atoms with Crippen molar-refractivity contribution in [3.63, 3.8) is 0 Å². The number of nitriles is 1. The average molecular weight is 265 g/mol. The minimum Gasteiger partial charge on any atom is -0.497 e. The van der Waals surface area contributed by atoms with Gasteiger partial charge in [-0.05, 0) is 23.8 Å². The standard InChI is InChI=1S/C14H19NO2S/c1-10(2)12(9-18)8-17-14-5-11(7-15)4-13(6-14)16-3/h4-6,10,12,18H,8-9H2,1-3H3. The predicted octanol–water partition coefficient (Wildman–Crippen LogP) is 3.15.